The van der Waals surface area contributed by atoms with E-state index in [1.165, 1.54) is 0 Å². The highest BCUT2D eigenvalue weighted by molar-refractivity contribution is 5.94. The van der Waals surface area contributed by atoms with Gasteiger partial charge in [0.05, 0.1) is 0 Å². The summed E-state index contributed by atoms with van der Waals surface area (Å²) in [5.41, 5.74) is 3.53. The van der Waals surface area contributed by atoms with Crippen LogP contribution in [0, 0.1) is 0 Å². The second-order valence-electron chi connectivity index (χ2n) is 5.07. The first kappa shape index (κ1) is 15.6. The van der Waals surface area contributed by atoms with E-state index in [2.05, 4.69) is 0 Å². The SMILES string of the molecule is CC(=O)c1ccc(C=CC=Cc2ccc(C(C)=O)cc2)cc1. The molecule has 2 aromatic carbocycles. The lowest BCUT2D eigenvalue weighted by Crippen LogP contribution is -1.90. The number of carbonyl (C=O) groups excluding carboxylic acids is 2. The van der Waals surface area contributed by atoms with Gasteiger partial charge in [-0.3, -0.25) is 9.59 Å². The molecule has 110 valence electrons. The van der Waals surface area contributed by atoms with E-state index in [0.29, 0.717) is 0 Å². The molecule has 2 nitrogen and oxygen atoms in total. The smallest absolute Gasteiger partial charge is 0.159 e. The molecule has 0 aliphatic carbocycles. The maximum absolute atomic E-state index is 11.2. The maximum Gasteiger partial charge on any atom is 0.159 e. The van der Waals surface area contributed by atoms with E-state index in [-0.39, 0.29) is 11.6 Å². The molecule has 2 heteroatoms. The minimum atomic E-state index is 0.0735. The second-order valence-corrected chi connectivity index (χ2v) is 5.07. The summed E-state index contributed by atoms with van der Waals surface area (Å²) in [6.45, 7) is 3.12. The number of hydrogen-bond acceptors (Lipinski definition) is 2. The third-order valence-corrected chi connectivity index (χ3v) is 3.32. The number of Topliss-reactive ketones (excluding diaryl/α,β-unsaturated/α-hetero) is 2. The Morgan fingerprint density at radius 3 is 1.23 bits per heavy atom. The Morgan fingerprint density at radius 2 is 0.955 bits per heavy atom. The highest BCUT2D eigenvalue weighted by Gasteiger charge is 1.97. The topological polar surface area (TPSA) is 34.1 Å². The van der Waals surface area contributed by atoms with E-state index in [1.54, 1.807) is 13.8 Å². The van der Waals surface area contributed by atoms with Crippen LogP contribution >= 0.6 is 0 Å². The molecule has 0 saturated carbocycles. The predicted octanol–water partition coefficient (Wildman–Crippen LogP) is 4.82. The Labute approximate surface area is 130 Å². The van der Waals surface area contributed by atoms with E-state index < -0.39 is 0 Å². The van der Waals surface area contributed by atoms with Gasteiger partial charge in [0.25, 0.3) is 0 Å². The quantitative estimate of drug-likeness (QED) is 0.584. The van der Waals surface area contributed by atoms with Crippen LogP contribution in [0.5, 0.6) is 0 Å². The molecule has 2 rings (SSSR count). The standard InChI is InChI=1S/C20H18O2/c1-15(21)19-11-7-17(8-12-19)5-3-4-6-18-9-13-20(14-10-18)16(2)22/h3-14H,1-2H3. The third-order valence-electron chi connectivity index (χ3n) is 3.32. The lowest BCUT2D eigenvalue weighted by atomic mass is 10.1. The Hall–Kier alpha value is -2.74. The van der Waals surface area contributed by atoms with Crippen molar-refractivity contribution < 1.29 is 9.59 Å². The molecule has 0 saturated heterocycles. The van der Waals surface area contributed by atoms with Gasteiger partial charge in [0.2, 0.25) is 0 Å². The van der Waals surface area contributed by atoms with Crippen molar-refractivity contribution in [1.29, 1.82) is 0 Å². The zero-order chi connectivity index (χ0) is 15.9. The molecule has 0 aliphatic rings. The van der Waals surface area contributed by atoms with Gasteiger partial charge in [0, 0.05) is 11.1 Å². The zero-order valence-electron chi connectivity index (χ0n) is 12.7. The van der Waals surface area contributed by atoms with Crippen LogP contribution in [-0.4, -0.2) is 11.6 Å². The number of benzene rings is 2. The van der Waals surface area contributed by atoms with Crippen LogP contribution in [0.25, 0.3) is 12.2 Å². The Kier molecular flexibility index (Phi) is 5.21. The molecule has 0 atom stereocenters. The van der Waals surface area contributed by atoms with Crippen molar-refractivity contribution in [3.05, 3.63) is 82.9 Å². The molecule has 22 heavy (non-hydrogen) atoms. The van der Waals surface area contributed by atoms with E-state index in [9.17, 15) is 9.59 Å². The van der Waals surface area contributed by atoms with Gasteiger partial charge in [-0.15, -0.1) is 0 Å². The highest BCUT2D eigenvalue weighted by Crippen LogP contribution is 2.09. The normalized spacial score (nSPS) is 11.2. The molecule has 2 aromatic rings. The van der Waals surface area contributed by atoms with Gasteiger partial charge in [-0.2, -0.15) is 0 Å². The van der Waals surface area contributed by atoms with Crippen LogP contribution < -0.4 is 0 Å². The Balaban J connectivity index is 1.99. The van der Waals surface area contributed by atoms with Gasteiger partial charge in [-0.05, 0) is 25.0 Å². The average molecular weight is 290 g/mol. The summed E-state index contributed by atoms with van der Waals surface area (Å²) in [5, 5.41) is 0. The number of carbonyl (C=O) groups is 2. The first-order valence-electron chi connectivity index (χ1n) is 7.13. The third kappa shape index (κ3) is 4.38. The van der Waals surface area contributed by atoms with Crippen LogP contribution in [0.2, 0.25) is 0 Å². The lowest BCUT2D eigenvalue weighted by molar-refractivity contribution is 0.100. The summed E-state index contributed by atoms with van der Waals surface area (Å²) < 4.78 is 0. The minimum Gasteiger partial charge on any atom is -0.295 e. The van der Waals surface area contributed by atoms with Gasteiger partial charge in [-0.1, -0.05) is 72.8 Å². The summed E-state index contributed by atoms with van der Waals surface area (Å²) in [4.78, 5) is 22.4. The number of hydrogen-bond donors (Lipinski definition) is 0. The summed E-state index contributed by atoms with van der Waals surface area (Å²) >= 11 is 0. The van der Waals surface area contributed by atoms with Crippen LogP contribution in [-0.2, 0) is 0 Å². The first-order valence-corrected chi connectivity index (χ1v) is 7.13. The molecule has 0 unspecified atom stereocenters. The van der Waals surface area contributed by atoms with Gasteiger partial charge >= 0.3 is 0 Å². The van der Waals surface area contributed by atoms with Crippen molar-refractivity contribution >= 4 is 23.7 Å². The molecule has 0 aromatic heterocycles. The molecular formula is C20H18O2. The van der Waals surface area contributed by atoms with E-state index in [1.807, 2.05) is 72.8 Å². The fourth-order valence-electron chi connectivity index (χ4n) is 1.99. The van der Waals surface area contributed by atoms with Crippen molar-refractivity contribution in [2.45, 2.75) is 13.8 Å². The van der Waals surface area contributed by atoms with E-state index in [0.717, 1.165) is 22.3 Å². The Morgan fingerprint density at radius 1 is 0.636 bits per heavy atom. The van der Waals surface area contributed by atoms with Crippen molar-refractivity contribution in [1.82, 2.24) is 0 Å². The van der Waals surface area contributed by atoms with Crippen LogP contribution in [0.3, 0.4) is 0 Å². The van der Waals surface area contributed by atoms with Gasteiger partial charge in [-0.25, -0.2) is 0 Å². The molecule has 0 bridgehead atoms. The number of allylic oxidation sites excluding steroid dienone is 2. The molecule has 0 N–H and O–H groups in total. The van der Waals surface area contributed by atoms with Crippen LogP contribution in [0.4, 0.5) is 0 Å². The van der Waals surface area contributed by atoms with Crippen molar-refractivity contribution in [2.24, 2.45) is 0 Å². The predicted molar refractivity (Wildman–Crippen MR) is 91.0 cm³/mol. The van der Waals surface area contributed by atoms with Crippen LogP contribution in [0.15, 0.2) is 60.7 Å². The lowest BCUT2D eigenvalue weighted by Gasteiger charge is -1.97. The fraction of sp³-hybridized carbons (Fsp3) is 0.100. The van der Waals surface area contributed by atoms with Gasteiger partial charge in [0.1, 0.15) is 0 Å². The number of ketones is 2. The summed E-state index contributed by atoms with van der Waals surface area (Å²) in [7, 11) is 0. The molecule has 0 fully saturated rings. The summed E-state index contributed by atoms with van der Waals surface area (Å²) in [6, 6.07) is 15.0. The molecule has 0 amide bonds. The van der Waals surface area contributed by atoms with Gasteiger partial charge in [0.15, 0.2) is 11.6 Å². The average Bonchev–Trinajstić information content (AvgIpc) is 2.52. The molecule has 0 aliphatic heterocycles. The molecule has 0 heterocycles. The molecule has 0 spiro atoms. The summed E-state index contributed by atoms with van der Waals surface area (Å²) in [6.07, 6.45) is 7.85. The van der Waals surface area contributed by atoms with E-state index >= 15 is 0 Å². The second kappa shape index (κ2) is 7.32. The molecular weight excluding hydrogens is 272 g/mol. The fourth-order valence-corrected chi connectivity index (χ4v) is 1.99. The zero-order valence-corrected chi connectivity index (χ0v) is 12.7. The van der Waals surface area contributed by atoms with Crippen molar-refractivity contribution in [3.63, 3.8) is 0 Å². The van der Waals surface area contributed by atoms with Crippen molar-refractivity contribution in [2.75, 3.05) is 0 Å². The van der Waals surface area contributed by atoms with Gasteiger partial charge < -0.3 is 0 Å². The first-order chi connectivity index (χ1) is 10.6. The highest BCUT2D eigenvalue weighted by atomic mass is 16.1. The molecule has 0 radical (unpaired) electrons. The Bertz CT molecular complexity index is 652. The minimum absolute atomic E-state index is 0.0735. The van der Waals surface area contributed by atoms with Crippen molar-refractivity contribution in [3.8, 4) is 0 Å². The van der Waals surface area contributed by atoms with E-state index in [4.69, 9.17) is 0 Å². The number of rotatable bonds is 5. The monoisotopic (exact) mass is 290 g/mol. The van der Waals surface area contributed by atoms with Crippen LogP contribution in [0.1, 0.15) is 45.7 Å². The largest absolute Gasteiger partial charge is 0.295 e. The summed E-state index contributed by atoms with van der Waals surface area (Å²) in [5.74, 6) is 0.147. The maximum atomic E-state index is 11.2.